The van der Waals surface area contributed by atoms with Crippen LogP contribution in [-0.4, -0.2) is 15.0 Å². The zero-order valence-corrected chi connectivity index (χ0v) is 7.81. The second kappa shape index (κ2) is 3.57. The first kappa shape index (κ1) is 8.87. The molecular formula is C10H10FN3. The Bertz CT molecular complexity index is 436. The van der Waals surface area contributed by atoms with Crippen LogP contribution in [0.3, 0.4) is 0 Å². The topological polar surface area (TPSA) is 30.7 Å². The Morgan fingerprint density at radius 3 is 2.79 bits per heavy atom. The molecule has 0 unspecified atom stereocenters. The molecule has 0 spiro atoms. The van der Waals surface area contributed by atoms with Gasteiger partial charge in [-0.2, -0.15) is 0 Å². The van der Waals surface area contributed by atoms with Crippen molar-refractivity contribution in [3.8, 4) is 0 Å². The number of aryl methyl sites for hydroxylation is 1. The minimum atomic E-state index is -0.208. The molecule has 1 heterocycles. The number of rotatable bonds is 2. The van der Waals surface area contributed by atoms with E-state index in [1.807, 2.05) is 13.0 Å². The fourth-order valence-corrected chi connectivity index (χ4v) is 1.27. The Balaban J connectivity index is 2.23. The van der Waals surface area contributed by atoms with Gasteiger partial charge in [0.2, 0.25) is 0 Å². The maximum atomic E-state index is 13.2. The van der Waals surface area contributed by atoms with E-state index < -0.39 is 0 Å². The van der Waals surface area contributed by atoms with Gasteiger partial charge < -0.3 is 0 Å². The molecule has 0 saturated heterocycles. The largest absolute Gasteiger partial charge is 0.248 e. The van der Waals surface area contributed by atoms with Gasteiger partial charge in [-0.05, 0) is 13.0 Å². The molecule has 2 aromatic rings. The number of nitrogens with zero attached hydrogens (tertiary/aromatic N) is 3. The first-order valence-electron chi connectivity index (χ1n) is 4.36. The molecule has 0 amide bonds. The van der Waals surface area contributed by atoms with Crippen LogP contribution in [0.25, 0.3) is 0 Å². The van der Waals surface area contributed by atoms with E-state index in [0.29, 0.717) is 12.1 Å². The van der Waals surface area contributed by atoms with Crippen molar-refractivity contribution in [1.29, 1.82) is 0 Å². The van der Waals surface area contributed by atoms with Crippen LogP contribution in [0.15, 0.2) is 30.5 Å². The molecule has 0 saturated carbocycles. The molecule has 2 rings (SSSR count). The van der Waals surface area contributed by atoms with Gasteiger partial charge in [0.25, 0.3) is 0 Å². The van der Waals surface area contributed by atoms with Crippen molar-refractivity contribution in [2.75, 3.05) is 0 Å². The van der Waals surface area contributed by atoms with Gasteiger partial charge in [0, 0.05) is 11.8 Å². The van der Waals surface area contributed by atoms with Gasteiger partial charge >= 0.3 is 0 Å². The summed E-state index contributed by atoms with van der Waals surface area (Å²) in [5, 5.41) is 7.69. The van der Waals surface area contributed by atoms with Crippen molar-refractivity contribution in [1.82, 2.24) is 15.0 Å². The van der Waals surface area contributed by atoms with Crippen molar-refractivity contribution in [2.24, 2.45) is 0 Å². The van der Waals surface area contributed by atoms with Gasteiger partial charge in [-0.3, -0.25) is 0 Å². The van der Waals surface area contributed by atoms with Gasteiger partial charge in [-0.25, -0.2) is 9.07 Å². The average molecular weight is 191 g/mol. The van der Waals surface area contributed by atoms with E-state index in [1.54, 1.807) is 23.0 Å². The maximum absolute atomic E-state index is 13.2. The summed E-state index contributed by atoms with van der Waals surface area (Å²) in [6, 6.07) is 6.67. The first-order valence-corrected chi connectivity index (χ1v) is 4.36. The number of hydrogen-bond donors (Lipinski definition) is 0. The molecule has 14 heavy (non-hydrogen) atoms. The molecule has 0 N–H and O–H groups in total. The van der Waals surface area contributed by atoms with Gasteiger partial charge in [0.1, 0.15) is 5.82 Å². The number of halogens is 1. The molecule has 0 aliphatic heterocycles. The lowest BCUT2D eigenvalue weighted by molar-refractivity contribution is 0.577. The molecule has 1 aromatic heterocycles. The molecular weight excluding hydrogens is 181 g/mol. The van der Waals surface area contributed by atoms with Crippen molar-refractivity contribution in [2.45, 2.75) is 13.5 Å². The summed E-state index contributed by atoms with van der Waals surface area (Å²) in [4.78, 5) is 0. The lowest BCUT2D eigenvalue weighted by atomic mass is 10.2. The smallest absolute Gasteiger partial charge is 0.128 e. The van der Waals surface area contributed by atoms with Gasteiger partial charge in [0.05, 0.1) is 12.2 Å². The van der Waals surface area contributed by atoms with E-state index in [9.17, 15) is 4.39 Å². The van der Waals surface area contributed by atoms with Crippen LogP contribution in [0.1, 0.15) is 11.3 Å². The molecule has 72 valence electrons. The van der Waals surface area contributed by atoms with Crippen LogP contribution in [0.4, 0.5) is 4.39 Å². The van der Waals surface area contributed by atoms with Crippen LogP contribution in [0.2, 0.25) is 0 Å². The lowest BCUT2D eigenvalue weighted by Crippen LogP contribution is -2.02. The third kappa shape index (κ3) is 1.79. The Morgan fingerprint density at radius 1 is 1.36 bits per heavy atom. The molecule has 0 aliphatic rings. The minimum Gasteiger partial charge on any atom is -0.248 e. The molecule has 0 radical (unpaired) electrons. The Hall–Kier alpha value is -1.71. The minimum absolute atomic E-state index is 0.208. The fraction of sp³-hybridized carbons (Fsp3) is 0.200. The summed E-state index contributed by atoms with van der Waals surface area (Å²) in [6.45, 7) is 2.28. The monoisotopic (exact) mass is 191 g/mol. The van der Waals surface area contributed by atoms with Crippen LogP contribution in [0.5, 0.6) is 0 Å². The number of hydrogen-bond acceptors (Lipinski definition) is 2. The SMILES string of the molecule is Cc1cn(Cc2ccccc2F)nn1. The standard InChI is InChI=1S/C10H10FN3/c1-8-6-14(13-12-8)7-9-4-2-3-5-10(9)11/h2-6H,7H2,1H3. The van der Waals surface area contributed by atoms with Gasteiger partial charge in [0.15, 0.2) is 0 Å². The van der Waals surface area contributed by atoms with Crippen molar-refractivity contribution in [3.05, 3.63) is 47.5 Å². The van der Waals surface area contributed by atoms with Crippen molar-refractivity contribution < 1.29 is 4.39 Å². The van der Waals surface area contributed by atoms with Gasteiger partial charge in [-0.15, -0.1) is 5.10 Å². The highest BCUT2D eigenvalue weighted by atomic mass is 19.1. The Labute approximate surface area is 81.2 Å². The van der Waals surface area contributed by atoms with Gasteiger partial charge in [-0.1, -0.05) is 23.4 Å². The third-order valence-corrected chi connectivity index (χ3v) is 1.94. The summed E-state index contributed by atoms with van der Waals surface area (Å²) in [7, 11) is 0. The van der Waals surface area contributed by atoms with Crippen LogP contribution >= 0.6 is 0 Å². The van der Waals surface area contributed by atoms with E-state index >= 15 is 0 Å². The second-order valence-corrected chi connectivity index (χ2v) is 3.15. The number of benzene rings is 1. The van der Waals surface area contributed by atoms with Crippen LogP contribution < -0.4 is 0 Å². The predicted octanol–water partition coefficient (Wildman–Crippen LogP) is 1.77. The molecule has 1 aromatic carbocycles. The van der Waals surface area contributed by atoms with Crippen molar-refractivity contribution >= 4 is 0 Å². The van der Waals surface area contributed by atoms with E-state index in [2.05, 4.69) is 10.3 Å². The summed E-state index contributed by atoms with van der Waals surface area (Å²) in [5.74, 6) is -0.208. The van der Waals surface area contributed by atoms with E-state index in [0.717, 1.165) is 5.69 Å². The maximum Gasteiger partial charge on any atom is 0.128 e. The summed E-state index contributed by atoms with van der Waals surface area (Å²) in [5.41, 5.74) is 1.46. The molecule has 4 heteroatoms. The summed E-state index contributed by atoms with van der Waals surface area (Å²) < 4.78 is 14.8. The highest BCUT2D eigenvalue weighted by molar-refractivity contribution is 5.17. The average Bonchev–Trinajstić information content (AvgIpc) is 2.56. The van der Waals surface area contributed by atoms with Crippen LogP contribution in [-0.2, 0) is 6.54 Å². The third-order valence-electron chi connectivity index (χ3n) is 1.94. The predicted molar refractivity (Wildman–Crippen MR) is 50.3 cm³/mol. The van der Waals surface area contributed by atoms with E-state index in [4.69, 9.17) is 0 Å². The quantitative estimate of drug-likeness (QED) is 0.724. The summed E-state index contributed by atoms with van der Waals surface area (Å²) >= 11 is 0. The molecule has 3 nitrogen and oxygen atoms in total. The first-order chi connectivity index (χ1) is 6.75. The lowest BCUT2D eigenvalue weighted by Gasteiger charge is -2.01. The van der Waals surface area contributed by atoms with Crippen molar-refractivity contribution in [3.63, 3.8) is 0 Å². The zero-order chi connectivity index (χ0) is 9.97. The second-order valence-electron chi connectivity index (χ2n) is 3.15. The van der Waals surface area contributed by atoms with E-state index in [1.165, 1.54) is 6.07 Å². The zero-order valence-electron chi connectivity index (χ0n) is 7.81. The molecule has 0 fully saturated rings. The molecule has 0 atom stereocenters. The highest BCUT2D eigenvalue weighted by Gasteiger charge is 2.02. The Morgan fingerprint density at radius 2 is 2.14 bits per heavy atom. The van der Waals surface area contributed by atoms with E-state index in [-0.39, 0.29) is 5.82 Å². The fourth-order valence-electron chi connectivity index (χ4n) is 1.27. The van der Waals surface area contributed by atoms with Crippen LogP contribution in [0, 0.1) is 12.7 Å². The molecule has 0 bridgehead atoms. The Kier molecular flexibility index (Phi) is 2.26. The highest BCUT2D eigenvalue weighted by Crippen LogP contribution is 2.07. The number of aromatic nitrogens is 3. The summed E-state index contributed by atoms with van der Waals surface area (Å²) in [6.07, 6.45) is 1.78. The normalized spacial score (nSPS) is 10.4. The molecule has 0 aliphatic carbocycles.